The molecule has 3 heteroatoms. The Hall–Kier alpha value is -1.82. The van der Waals surface area contributed by atoms with Crippen molar-refractivity contribution in [3.8, 4) is 6.07 Å². The van der Waals surface area contributed by atoms with Crippen LogP contribution in [-0.4, -0.2) is 11.6 Å². The first kappa shape index (κ1) is 13.2. The van der Waals surface area contributed by atoms with Crippen LogP contribution in [0.25, 0.3) is 0 Å². The molecule has 0 heterocycles. The van der Waals surface area contributed by atoms with Gasteiger partial charge in [-0.05, 0) is 33.3 Å². The Morgan fingerprint density at radius 2 is 2.06 bits per heavy atom. The highest BCUT2D eigenvalue weighted by molar-refractivity contribution is 5.81. The van der Waals surface area contributed by atoms with Crippen molar-refractivity contribution in [2.45, 2.75) is 39.2 Å². The number of benzene rings is 1. The van der Waals surface area contributed by atoms with Crippen molar-refractivity contribution in [3.63, 3.8) is 0 Å². The summed E-state index contributed by atoms with van der Waals surface area (Å²) in [7, 11) is 0. The van der Waals surface area contributed by atoms with Crippen LogP contribution in [-0.2, 0) is 9.53 Å². The molecule has 0 amide bonds. The number of esters is 1. The second-order valence-corrected chi connectivity index (χ2v) is 5.01. The zero-order valence-corrected chi connectivity index (χ0v) is 10.7. The Labute approximate surface area is 102 Å². The summed E-state index contributed by atoms with van der Waals surface area (Å²) in [5, 5.41) is 9.09. The Bertz CT molecular complexity index is 452. The number of aryl methyl sites for hydroxylation is 1. The zero-order chi connectivity index (χ0) is 13.1. The van der Waals surface area contributed by atoms with Crippen LogP contribution < -0.4 is 0 Å². The monoisotopic (exact) mass is 231 g/mol. The number of carbonyl (C=O) groups is 1. The van der Waals surface area contributed by atoms with Gasteiger partial charge < -0.3 is 4.74 Å². The minimum absolute atomic E-state index is 0.495. The van der Waals surface area contributed by atoms with E-state index in [0.29, 0.717) is 5.56 Å². The van der Waals surface area contributed by atoms with Crippen LogP contribution in [0.15, 0.2) is 24.3 Å². The average molecular weight is 231 g/mol. The molecule has 1 rings (SSSR count). The van der Waals surface area contributed by atoms with Crippen LogP contribution >= 0.6 is 0 Å². The fourth-order valence-corrected chi connectivity index (χ4v) is 1.47. The summed E-state index contributed by atoms with van der Waals surface area (Å²) in [5.41, 5.74) is 1.13. The maximum Gasteiger partial charge on any atom is 0.328 e. The normalized spacial score (nSPS) is 12.6. The van der Waals surface area contributed by atoms with E-state index in [1.807, 2.05) is 31.2 Å². The first-order valence-corrected chi connectivity index (χ1v) is 5.52. The van der Waals surface area contributed by atoms with Crippen molar-refractivity contribution >= 4 is 5.97 Å². The van der Waals surface area contributed by atoms with E-state index in [2.05, 4.69) is 0 Å². The van der Waals surface area contributed by atoms with Gasteiger partial charge in [0.1, 0.15) is 5.60 Å². The molecule has 1 aromatic rings. The number of carbonyl (C=O) groups excluding carboxylic acids is 1. The number of nitrogens with zero attached hydrogens (tertiary/aromatic N) is 1. The second-order valence-electron chi connectivity index (χ2n) is 5.01. The average Bonchev–Trinajstić information content (AvgIpc) is 2.15. The molecule has 3 nitrogen and oxygen atoms in total. The SMILES string of the molecule is Cc1cccc(C(C#N)C(=O)OC(C)(C)C)c1. The first-order chi connectivity index (χ1) is 7.83. The molecule has 0 N–H and O–H groups in total. The lowest BCUT2D eigenvalue weighted by atomic mass is 9.99. The molecule has 0 spiro atoms. The molecule has 1 unspecified atom stereocenters. The predicted molar refractivity (Wildman–Crippen MR) is 65.4 cm³/mol. The van der Waals surface area contributed by atoms with Gasteiger partial charge in [0.05, 0.1) is 6.07 Å². The summed E-state index contributed by atoms with van der Waals surface area (Å²) in [6, 6.07) is 9.35. The summed E-state index contributed by atoms with van der Waals surface area (Å²) in [4.78, 5) is 11.9. The lowest BCUT2D eigenvalue weighted by Gasteiger charge is -2.21. The van der Waals surface area contributed by atoms with Gasteiger partial charge in [0, 0.05) is 0 Å². The van der Waals surface area contributed by atoms with E-state index in [1.165, 1.54) is 0 Å². The summed E-state index contributed by atoms with van der Waals surface area (Å²) >= 11 is 0. The van der Waals surface area contributed by atoms with Gasteiger partial charge >= 0.3 is 5.97 Å². The molecule has 0 radical (unpaired) electrons. The molecule has 0 aliphatic carbocycles. The summed E-state index contributed by atoms with van der Waals surface area (Å²) in [5.74, 6) is -1.35. The predicted octanol–water partition coefficient (Wildman–Crippen LogP) is 2.94. The van der Waals surface area contributed by atoms with Crippen molar-refractivity contribution < 1.29 is 9.53 Å². The van der Waals surface area contributed by atoms with E-state index < -0.39 is 17.5 Å². The van der Waals surface area contributed by atoms with Crippen molar-refractivity contribution in [2.24, 2.45) is 0 Å². The highest BCUT2D eigenvalue weighted by atomic mass is 16.6. The van der Waals surface area contributed by atoms with E-state index in [9.17, 15) is 4.79 Å². The maximum atomic E-state index is 11.9. The molecule has 0 aliphatic rings. The molecule has 0 aromatic heterocycles. The van der Waals surface area contributed by atoms with E-state index in [4.69, 9.17) is 10.00 Å². The van der Waals surface area contributed by atoms with Gasteiger partial charge in [0.25, 0.3) is 0 Å². The number of hydrogen-bond donors (Lipinski definition) is 0. The third-order valence-electron chi connectivity index (χ3n) is 2.15. The molecule has 0 saturated carbocycles. The molecular formula is C14H17NO2. The lowest BCUT2D eigenvalue weighted by molar-refractivity contribution is -0.155. The number of hydrogen-bond acceptors (Lipinski definition) is 3. The zero-order valence-electron chi connectivity index (χ0n) is 10.7. The number of nitriles is 1. The molecule has 1 atom stereocenters. The van der Waals surface area contributed by atoms with Gasteiger partial charge in [-0.25, -0.2) is 0 Å². The van der Waals surface area contributed by atoms with Crippen LogP contribution in [0.2, 0.25) is 0 Å². The van der Waals surface area contributed by atoms with E-state index in [-0.39, 0.29) is 0 Å². The van der Waals surface area contributed by atoms with Crippen molar-refractivity contribution in [1.29, 1.82) is 5.26 Å². The smallest absolute Gasteiger partial charge is 0.328 e. The minimum Gasteiger partial charge on any atom is -0.459 e. The van der Waals surface area contributed by atoms with Gasteiger partial charge in [-0.3, -0.25) is 4.79 Å². The Morgan fingerprint density at radius 3 is 2.53 bits per heavy atom. The lowest BCUT2D eigenvalue weighted by Crippen LogP contribution is -2.27. The fraction of sp³-hybridized carbons (Fsp3) is 0.429. The molecule has 1 aromatic carbocycles. The Kier molecular flexibility index (Phi) is 3.90. The van der Waals surface area contributed by atoms with Gasteiger partial charge in [0.15, 0.2) is 5.92 Å². The largest absolute Gasteiger partial charge is 0.459 e. The summed E-state index contributed by atoms with van der Waals surface area (Å²) < 4.78 is 5.22. The quantitative estimate of drug-likeness (QED) is 0.735. The van der Waals surface area contributed by atoms with Crippen LogP contribution in [0.5, 0.6) is 0 Å². The van der Waals surface area contributed by atoms with Crippen molar-refractivity contribution in [1.82, 2.24) is 0 Å². The standard InChI is InChI=1S/C14H17NO2/c1-10-6-5-7-11(8-10)12(9-15)13(16)17-14(2,3)4/h5-8,12H,1-4H3. The van der Waals surface area contributed by atoms with Gasteiger partial charge in [-0.1, -0.05) is 29.8 Å². The number of ether oxygens (including phenoxy) is 1. The van der Waals surface area contributed by atoms with Crippen LogP contribution in [0, 0.1) is 18.3 Å². The molecule has 0 bridgehead atoms. The molecular weight excluding hydrogens is 214 g/mol. The summed E-state index contributed by atoms with van der Waals surface area (Å²) in [6.07, 6.45) is 0. The van der Waals surface area contributed by atoms with Crippen molar-refractivity contribution in [2.75, 3.05) is 0 Å². The van der Waals surface area contributed by atoms with Crippen LogP contribution in [0.1, 0.15) is 37.8 Å². The number of rotatable bonds is 2. The molecule has 0 fully saturated rings. The molecule has 17 heavy (non-hydrogen) atoms. The van der Waals surface area contributed by atoms with Crippen molar-refractivity contribution in [3.05, 3.63) is 35.4 Å². The third kappa shape index (κ3) is 3.92. The van der Waals surface area contributed by atoms with Crippen LogP contribution in [0.3, 0.4) is 0 Å². The van der Waals surface area contributed by atoms with E-state index in [1.54, 1.807) is 26.8 Å². The van der Waals surface area contributed by atoms with Crippen LogP contribution in [0.4, 0.5) is 0 Å². The second kappa shape index (κ2) is 5.01. The maximum absolute atomic E-state index is 11.9. The molecule has 0 saturated heterocycles. The Morgan fingerprint density at radius 1 is 1.41 bits per heavy atom. The molecule has 0 aliphatic heterocycles. The fourth-order valence-electron chi connectivity index (χ4n) is 1.47. The Balaban J connectivity index is 2.94. The third-order valence-corrected chi connectivity index (χ3v) is 2.15. The topological polar surface area (TPSA) is 50.1 Å². The molecule has 90 valence electrons. The highest BCUT2D eigenvalue weighted by Crippen LogP contribution is 2.20. The van der Waals surface area contributed by atoms with Gasteiger partial charge in [-0.2, -0.15) is 5.26 Å². The van der Waals surface area contributed by atoms with E-state index in [0.717, 1.165) is 5.56 Å². The van der Waals surface area contributed by atoms with Gasteiger partial charge in [0.2, 0.25) is 0 Å². The van der Waals surface area contributed by atoms with E-state index >= 15 is 0 Å². The minimum atomic E-state index is -0.853. The van der Waals surface area contributed by atoms with Gasteiger partial charge in [-0.15, -0.1) is 0 Å². The first-order valence-electron chi connectivity index (χ1n) is 5.52. The summed E-state index contributed by atoms with van der Waals surface area (Å²) in [6.45, 7) is 7.29. The highest BCUT2D eigenvalue weighted by Gasteiger charge is 2.26.